The summed E-state index contributed by atoms with van der Waals surface area (Å²) >= 11 is 0. The Kier molecular flexibility index (Phi) is 7.09. The summed E-state index contributed by atoms with van der Waals surface area (Å²) in [4.78, 5) is 4.68. The van der Waals surface area contributed by atoms with Crippen molar-refractivity contribution in [3.8, 4) is 11.5 Å². The van der Waals surface area contributed by atoms with Crippen molar-refractivity contribution in [1.29, 1.82) is 0 Å². The first-order chi connectivity index (χ1) is 11.6. The van der Waals surface area contributed by atoms with Crippen molar-refractivity contribution in [1.82, 2.24) is 9.80 Å². The van der Waals surface area contributed by atoms with Crippen molar-refractivity contribution in [2.45, 2.75) is 13.1 Å². The molecule has 0 aromatic heterocycles. The van der Waals surface area contributed by atoms with Crippen LogP contribution in [0.2, 0.25) is 0 Å². The molecule has 0 bridgehead atoms. The summed E-state index contributed by atoms with van der Waals surface area (Å²) in [6.07, 6.45) is 0. The Bertz CT molecular complexity index is 545. The molecule has 0 saturated heterocycles. The van der Waals surface area contributed by atoms with Crippen LogP contribution in [-0.4, -0.2) is 51.2 Å². The van der Waals surface area contributed by atoms with E-state index in [0.717, 1.165) is 37.7 Å². The normalized spacial score (nSPS) is 11.1. The third kappa shape index (κ3) is 5.87. The van der Waals surface area contributed by atoms with Crippen molar-refractivity contribution < 1.29 is 9.47 Å². The van der Waals surface area contributed by atoms with Gasteiger partial charge in [-0.25, -0.2) is 0 Å². The van der Waals surface area contributed by atoms with Gasteiger partial charge < -0.3 is 14.4 Å². The minimum absolute atomic E-state index is 0.897. The standard InChI is InChI=1S/C20H28N2O2/c1-21(2)13-14-22(15-17-5-9-19(23-3)10-6-17)16-18-7-11-20(24-4)12-8-18/h5-12H,13-16H2,1-4H3. The fourth-order valence-electron chi connectivity index (χ4n) is 2.53. The van der Waals surface area contributed by atoms with Crippen LogP contribution in [0.15, 0.2) is 48.5 Å². The summed E-state index contributed by atoms with van der Waals surface area (Å²) in [6, 6.07) is 16.6. The van der Waals surface area contributed by atoms with Crippen molar-refractivity contribution in [3.63, 3.8) is 0 Å². The predicted molar refractivity (Wildman–Crippen MR) is 98.7 cm³/mol. The van der Waals surface area contributed by atoms with E-state index in [0.29, 0.717) is 0 Å². The van der Waals surface area contributed by atoms with Gasteiger partial charge in [0, 0.05) is 26.2 Å². The Morgan fingerprint density at radius 1 is 0.667 bits per heavy atom. The van der Waals surface area contributed by atoms with Gasteiger partial charge in [0.15, 0.2) is 0 Å². The van der Waals surface area contributed by atoms with Gasteiger partial charge in [-0.3, -0.25) is 4.90 Å². The molecule has 0 aliphatic rings. The van der Waals surface area contributed by atoms with Gasteiger partial charge in [-0.05, 0) is 49.5 Å². The maximum Gasteiger partial charge on any atom is 0.118 e. The SMILES string of the molecule is COc1ccc(CN(CCN(C)C)Cc2ccc(OC)cc2)cc1. The lowest BCUT2D eigenvalue weighted by Crippen LogP contribution is -2.31. The average Bonchev–Trinajstić information content (AvgIpc) is 2.61. The number of hydrogen-bond acceptors (Lipinski definition) is 4. The van der Waals surface area contributed by atoms with Crippen LogP contribution in [0.4, 0.5) is 0 Å². The van der Waals surface area contributed by atoms with Crippen LogP contribution in [-0.2, 0) is 13.1 Å². The van der Waals surface area contributed by atoms with E-state index in [4.69, 9.17) is 9.47 Å². The van der Waals surface area contributed by atoms with Gasteiger partial charge in [-0.1, -0.05) is 24.3 Å². The van der Waals surface area contributed by atoms with Crippen LogP contribution in [0, 0.1) is 0 Å². The Morgan fingerprint density at radius 2 is 1.08 bits per heavy atom. The number of likely N-dealkylation sites (N-methyl/N-ethyl adjacent to an activating group) is 1. The number of benzene rings is 2. The number of methoxy groups -OCH3 is 2. The van der Waals surface area contributed by atoms with Gasteiger partial charge in [-0.2, -0.15) is 0 Å². The van der Waals surface area contributed by atoms with E-state index in [-0.39, 0.29) is 0 Å². The monoisotopic (exact) mass is 328 g/mol. The lowest BCUT2D eigenvalue weighted by atomic mass is 10.1. The molecule has 2 rings (SSSR count). The molecule has 0 heterocycles. The quantitative estimate of drug-likeness (QED) is 0.705. The molecule has 0 amide bonds. The highest BCUT2D eigenvalue weighted by Crippen LogP contribution is 2.16. The Balaban J connectivity index is 2.04. The second-order valence-electron chi connectivity index (χ2n) is 6.21. The Labute approximate surface area is 145 Å². The molecule has 2 aromatic carbocycles. The third-order valence-electron chi connectivity index (χ3n) is 3.99. The van der Waals surface area contributed by atoms with Crippen molar-refractivity contribution in [2.24, 2.45) is 0 Å². The molecule has 4 nitrogen and oxygen atoms in total. The van der Waals surface area contributed by atoms with E-state index < -0.39 is 0 Å². The molecule has 24 heavy (non-hydrogen) atoms. The van der Waals surface area contributed by atoms with Gasteiger partial charge in [0.1, 0.15) is 11.5 Å². The molecule has 130 valence electrons. The highest BCUT2D eigenvalue weighted by molar-refractivity contribution is 5.28. The molecule has 2 aromatic rings. The third-order valence-corrected chi connectivity index (χ3v) is 3.99. The van der Waals surface area contributed by atoms with Crippen LogP contribution in [0.1, 0.15) is 11.1 Å². The molecule has 0 fully saturated rings. The largest absolute Gasteiger partial charge is 0.497 e. The van der Waals surface area contributed by atoms with Crippen LogP contribution >= 0.6 is 0 Å². The molecule has 4 heteroatoms. The molecule has 0 saturated carbocycles. The summed E-state index contributed by atoms with van der Waals surface area (Å²) in [5.74, 6) is 1.79. The van der Waals surface area contributed by atoms with Crippen molar-refractivity contribution >= 4 is 0 Å². The first kappa shape index (κ1) is 18.3. The molecule has 0 aliphatic carbocycles. The van der Waals surface area contributed by atoms with Crippen LogP contribution < -0.4 is 9.47 Å². The van der Waals surface area contributed by atoms with E-state index in [1.54, 1.807) is 14.2 Å². The van der Waals surface area contributed by atoms with E-state index in [9.17, 15) is 0 Å². The summed E-state index contributed by atoms with van der Waals surface area (Å²) < 4.78 is 10.5. The van der Waals surface area contributed by atoms with Gasteiger partial charge in [0.25, 0.3) is 0 Å². The van der Waals surface area contributed by atoms with E-state index in [1.807, 2.05) is 24.3 Å². The van der Waals surface area contributed by atoms with Crippen LogP contribution in [0.25, 0.3) is 0 Å². The lowest BCUT2D eigenvalue weighted by molar-refractivity contribution is 0.226. The van der Waals surface area contributed by atoms with Gasteiger partial charge in [-0.15, -0.1) is 0 Å². The minimum atomic E-state index is 0.897. The van der Waals surface area contributed by atoms with Crippen LogP contribution in [0.3, 0.4) is 0 Å². The maximum absolute atomic E-state index is 5.24. The summed E-state index contributed by atoms with van der Waals surface area (Å²) in [5.41, 5.74) is 2.59. The molecular weight excluding hydrogens is 300 g/mol. The van der Waals surface area contributed by atoms with E-state index in [2.05, 4.69) is 48.2 Å². The van der Waals surface area contributed by atoms with Crippen molar-refractivity contribution in [2.75, 3.05) is 41.4 Å². The Hall–Kier alpha value is -2.04. The number of ether oxygens (including phenoxy) is 2. The van der Waals surface area contributed by atoms with Gasteiger partial charge >= 0.3 is 0 Å². The van der Waals surface area contributed by atoms with E-state index in [1.165, 1.54) is 11.1 Å². The minimum Gasteiger partial charge on any atom is -0.497 e. The number of hydrogen-bond donors (Lipinski definition) is 0. The van der Waals surface area contributed by atoms with Crippen LogP contribution in [0.5, 0.6) is 11.5 Å². The zero-order chi connectivity index (χ0) is 17.4. The first-order valence-electron chi connectivity index (χ1n) is 8.23. The zero-order valence-electron chi connectivity index (χ0n) is 15.2. The maximum atomic E-state index is 5.24. The Morgan fingerprint density at radius 3 is 1.42 bits per heavy atom. The average molecular weight is 328 g/mol. The molecule has 0 N–H and O–H groups in total. The first-order valence-corrected chi connectivity index (χ1v) is 8.23. The fourth-order valence-corrected chi connectivity index (χ4v) is 2.53. The highest BCUT2D eigenvalue weighted by Gasteiger charge is 2.08. The number of rotatable bonds is 9. The predicted octanol–water partition coefficient (Wildman–Crippen LogP) is 3.27. The molecular formula is C20H28N2O2. The van der Waals surface area contributed by atoms with Crippen molar-refractivity contribution in [3.05, 3.63) is 59.7 Å². The number of nitrogens with zero attached hydrogens (tertiary/aromatic N) is 2. The second kappa shape index (κ2) is 9.30. The fraction of sp³-hybridized carbons (Fsp3) is 0.400. The summed E-state index contributed by atoms with van der Waals surface area (Å²) in [6.45, 7) is 3.89. The molecule has 0 spiro atoms. The summed E-state index contributed by atoms with van der Waals surface area (Å²) in [7, 11) is 7.61. The topological polar surface area (TPSA) is 24.9 Å². The highest BCUT2D eigenvalue weighted by atomic mass is 16.5. The lowest BCUT2D eigenvalue weighted by Gasteiger charge is -2.24. The smallest absolute Gasteiger partial charge is 0.118 e. The molecule has 0 unspecified atom stereocenters. The summed E-state index contributed by atoms with van der Waals surface area (Å²) in [5, 5.41) is 0. The second-order valence-corrected chi connectivity index (χ2v) is 6.21. The van der Waals surface area contributed by atoms with Gasteiger partial charge in [0.05, 0.1) is 14.2 Å². The molecule has 0 aliphatic heterocycles. The van der Waals surface area contributed by atoms with E-state index >= 15 is 0 Å². The van der Waals surface area contributed by atoms with Gasteiger partial charge in [0.2, 0.25) is 0 Å². The zero-order valence-corrected chi connectivity index (χ0v) is 15.2. The molecule has 0 radical (unpaired) electrons. The molecule has 0 atom stereocenters.